The number of anilines is 1. The van der Waals surface area contributed by atoms with E-state index in [0.717, 1.165) is 31.2 Å². The molecule has 2 aromatic carbocycles. The van der Waals surface area contributed by atoms with E-state index < -0.39 is 0 Å². The van der Waals surface area contributed by atoms with Crippen LogP contribution in [0.25, 0.3) is 5.69 Å². The van der Waals surface area contributed by atoms with Crippen LogP contribution in [0.2, 0.25) is 0 Å². The number of carbonyl (C=O) groups is 1. The van der Waals surface area contributed by atoms with Gasteiger partial charge in [0, 0.05) is 26.9 Å². The molecule has 33 heavy (non-hydrogen) atoms. The van der Waals surface area contributed by atoms with Gasteiger partial charge in [0.15, 0.2) is 12.4 Å². The number of nitrogen functional groups attached to an aromatic ring is 1. The first-order valence-electron chi connectivity index (χ1n) is 10.2. The van der Waals surface area contributed by atoms with Crippen molar-refractivity contribution in [2.24, 2.45) is 0 Å². The van der Waals surface area contributed by atoms with E-state index in [0.29, 0.717) is 16.1 Å². The number of aromatic nitrogens is 1. The summed E-state index contributed by atoms with van der Waals surface area (Å²) in [5, 5.41) is 0. The average Bonchev–Trinajstić information content (AvgIpc) is 3.09. The lowest BCUT2D eigenvalue weighted by Gasteiger charge is -2.04. The fourth-order valence-corrected chi connectivity index (χ4v) is 6.21. The van der Waals surface area contributed by atoms with Crippen LogP contribution in [0.3, 0.4) is 0 Å². The number of rotatable bonds is 6. The van der Waals surface area contributed by atoms with E-state index in [9.17, 15) is 4.79 Å². The molecule has 2 N–H and O–H groups in total. The van der Waals surface area contributed by atoms with Crippen LogP contribution in [0, 0.1) is 20.8 Å². The van der Waals surface area contributed by atoms with Crippen LogP contribution in [0.1, 0.15) is 37.5 Å². The number of thiophene rings is 1. The smallest absolute Gasteiger partial charge is 0.259 e. The minimum Gasteiger partial charge on any atom is -1.00 e. The maximum Gasteiger partial charge on any atom is 0.259 e. The van der Waals surface area contributed by atoms with Gasteiger partial charge in [-0.15, -0.1) is 23.1 Å². The molecule has 0 aliphatic rings. The number of nitrogens with zero attached hydrogens (tertiary/aromatic N) is 1. The van der Waals surface area contributed by atoms with Crippen LogP contribution in [0.4, 0.5) is 5.69 Å². The molecular formula is C26H24Br2N2OS2. The first-order chi connectivity index (χ1) is 15.3. The first-order valence-corrected chi connectivity index (χ1v) is 12.8. The Balaban J connectivity index is 0.00000306. The third kappa shape index (κ3) is 5.96. The Morgan fingerprint density at radius 1 is 0.970 bits per heavy atom. The molecule has 4 aromatic rings. The first kappa shape index (κ1) is 25.7. The maximum atomic E-state index is 13.3. The highest BCUT2D eigenvalue weighted by molar-refractivity contribution is 9.10. The molecule has 170 valence electrons. The SMILES string of the molecule is Cc1ccc(CSc2sc(C(=O)c3ccc(Br)cc3)c(N)c2-[n+]2cc(C)cc(C)c2)cc1.[Br-]. The van der Waals surface area contributed by atoms with Crippen molar-refractivity contribution in [1.82, 2.24) is 0 Å². The molecule has 0 unspecified atom stereocenters. The molecule has 0 fully saturated rings. The standard InChI is InChI=1S/C26H23BrN2OS2.BrH/c1-16-4-6-19(7-5-16)15-31-26-23(29-13-17(2)12-18(3)14-29)22(28)25(32-26)24(30)20-8-10-21(27)11-9-20;/h4-14H,15H2,1-3H3,(H-,28,30);1H. The summed E-state index contributed by atoms with van der Waals surface area (Å²) in [6.07, 6.45) is 4.13. The lowest BCUT2D eigenvalue weighted by molar-refractivity contribution is -0.597. The fourth-order valence-electron chi connectivity index (χ4n) is 3.53. The topological polar surface area (TPSA) is 47.0 Å². The quantitative estimate of drug-likeness (QED) is 0.207. The number of ketones is 1. The highest BCUT2D eigenvalue weighted by atomic mass is 79.9. The zero-order valence-electron chi connectivity index (χ0n) is 18.6. The van der Waals surface area contributed by atoms with E-state index in [1.165, 1.54) is 22.5 Å². The van der Waals surface area contributed by atoms with Crippen molar-refractivity contribution in [1.29, 1.82) is 0 Å². The Kier molecular flexibility index (Phi) is 8.56. The zero-order chi connectivity index (χ0) is 22.8. The van der Waals surface area contributed by atoms with E-state index in [2.05, 4.69) is 84.0 Å². The van der Waals surface area contributed by atoms with E-state index in [4.69, 9.17) is 5.73 Å². The monoisotopic (exact) mass is 602 g/mol. The van der Waals surface area contributed by atoms with Crippen LogP contribution >= 0.6 is 39.0 Å². The molecule has 0 aliphatic heterocycles. The molecule has 0 saturated heterocycles. The number of hydrogen-bond donors (Lipinski definition) is 1. The number of thioether (sulfide) groups is 1. The van der Waals surface area contributed by atoms with Crippen molar-refractivity contribution in [2.75, 3.05) is 5.73 Å². The largest absolute Gasteiger partial charge is 1.00 e. The molecule has 4 rings (SSSR count). The highest BCUT2D eigenvalue weighted by Crippen LogP contribution is 2.41. The van der Waals surface area contributed by atoms with Crippen molar-refractivity contribution >= 4 is 50.5 Å². The summed E-state index contributed by atoms with van der Waals surface area (Å²) in [7, 11) is 0. The summed E-state index contributed by atoms with van der Waals surface area (Å²) in [4.78, 5) is 13.9. The van der Waals surface area contributed by atoms with E-state index in [-0.39, 0.29) is 22.8 Å². The minimum atomic E-state index is -0.0478. The second-order valence-electron chi connectivity index (χ2n) is 7.89. The van der Waals surface area contributed by atoms with Crippen LogP contribution in [-0.4, -0.2) is 5.78 Å². The number of hydrogen-bond acceptors (Lipinski definition) is 4. The molecule has 0 amide bonds. The van der Waals surface area contributed by atoms with Gasteiger partial charge in [-0.1, -0.05) is 45.8 Å². The Bertz CT molecular complexity index is 1260. The number of nitrogens with two attached hydrogens (primary N) is 1. The third-order valence-electron chi connectivity index (χ3n) is 5.09. The van der Waals surface area contributed by atoms with Crippen molar-refractivity contribution in [3.63, 3.8) is 0 Å². The molecule has 0 aliphatic carbocycles. The van der Waals surface area contributed by atoms with Crippen LogP contribution < -0.4 is 27.3 Å². The molecular weight excluding hydrogens is 580 g/mol. The predicted octanol–water partition coefficient (Wildman–Crippen LogP) is 3.82. The Hall–Kier alpha value is -1.93. The summed E-state index contributed by atoms with van der Waals surface area (Å²) >= 11 is 6.63. The van der Waals surface area contributed by atoms with Crippen molar-refractivity contribution in [3.8, 4) is 5.69 Å². The van der Waals surface area contributed by atoms with Gasteiger partial charge in [0.1, 0.15) is 14.8 Å². The maximum absolute atomic E-state index is 13.3. The number of halogens is 2. The minimum absolute atomic E-state index is 0. The molecule has 0 spiro atoms. The van der Waals surface area contributed by atoms with Gasteiger partial charge >= 0.3 is 0 Å². The molecule has 0 radical (unpaired) electrons. The van der Waals surface area contributed by atoms with E-state index in [1.807, 2.05) is 24.3 Å². The summed E-state index contributed by atoms with van der Waals surface area (Å²) in [6.45, 7) is 6.23. The fraction of sp³-hybridized carbons (Fsp3) is 0.154. The molecule has 2 aromatic heterocycles. The number of aryl methyl sites for hydroxylation is 3. The predicted molar refractivity (Wildman–Crippen MR) is 138 cm³/mol. The number of pyridine rings is 1. The molecule has 0 atom stereocenters. The Morgan fingerprint density at radius 2 is 1.58 bits per heavy atom. The summed E-state index contributed by atoms with van der Waals surface area (Å²) < 4.78 is 4.04. The lowest BCUT2D eigenvalue weighted by Crippen LogP contribution is -3.00. The van der Waals surface area contributed by atoms with Crippen molar-refractivity contribution in [3.05, 3.63) is 104 Å². The average molecular weight is 604 g/mol. The van der Waals surface area contributed by atoms with Gasteiger partial charge in [-0.25, -0.2) is 0 Å². The van der Waals surface area contributed by atoms with Gasteiger partial charge in [0.25, 0.3) is 5.69 Å². The second-order valence-corrected chi connectivity index (χ2v) is 11.1. The van der Waals surface area contributed by atoms with E-state index in [1.54, 1.807) is 11.8 Å². The molecule has 7 heteroatoms. The summed E-state index contributed by atoms with van der Waals surface area (Å²) in [5.41, 5.74) is 13.5. The Labute approximate surface area is 222 Å². The van der Waals surface area contributed by atoms with Crippen molar-refractivity contribution < 1.29 is 26.3 Å². The molecule has 0 saturated carbocycles. The summed E-state index contributed by atoms with van der Waals surface area (Å²) in [5.74, 6) is 0.762. The Morgan fingerprint density at radius 3 is 2.18 bits per heavy atom. The number of benzene rings is 2. The molecule has 3 nitrogen and oxygen atoms in total. The van der Waals surface area contributed by atoms with Gasteiger partial charge in [-0.05, 0) is 56.7 Å². The van der Waals surface area contributed by atoms with Crippen molar-refractivity contribution in [2.45, 2.75) is 30.7 Å². The van der Waals surface area contributed by atoms with Gasteiger partial charge in [-0.3, -0.25) is 4.79 Å². The molecule has 0 bridgehead atoms. The van der Waals surface area contributed by atoms with Gasteiger partial charge in [0.05, 0.1) is 0 Å². The molecule has 2 heterocycles. The number of carbonyl (C=O) groups excluding carboxylic acids is 1. The van der Waals surface area contributed by atoms with Gasteiger partial charge in [-0.2, -0.15) is 4.57 Å². The highest BCUT2D eigenvalue weighted by Gasteiger charge is 2.29. The van der Waals surface area contributed by atoms with Crippen LogP contribution in [-0.2, 0) is 5.75 Å². The normalized spacial score (nSPS) is 10.7. The van der Waals surface area contributed by atoms with Crippen LogP contribution in [0.15, 0.2) is 75.7 Å². The lowest BCUT2D eigenvalue weighted by atomic mass is 10.1. The van der Waals surface area contributed by atoms with Crippen LogP contribution in [0.5, 0.6) is 0 Å². The zero-order valence-corrected chi connectivity index (χ0v) is 23.4. The third-order valence-corrected chi connectivity index (χ3v) is 8.14. The van der Waals surface area contributed by atoms with Gasteiger partial charge < -0.3 is 22.7 Å². The van der Waals surface area contributed by atoms with E-state index >= 15 is 0 Å². The summed E-state index contributed by atoms with van der Waals surface area (Å²) in [6, 6.07) is 18.1. The second kappa shape index (κ2) is 11.0. The van der Waals surface area contributed by atoms with Gasteiger partial charge in [0.2, 0.25) is 5.78 Å².